The summed E-state index contributed by atoms with van der Waals surface area (Å²) in [6, 6.07) is 11.5. The molecular weight excluding hydrogens is 237 g/mol. The van der Waals surface area contributed by atoms with Gasteiger partial charge in [-0.25, -0.2) is 4.39 Å². The Kier molecular flexibility index (Phi) is 3.46. The lowest BCUT2D eigenvalue weighted by Gasteiger charge is -2.15. The minimum atomic E-state index is -0.538. The van der Waals surface area contributed by atoms with Crippen molar-refractivity contribution >= 4 is 11.6 Å². The van der Waals surface area contributed by atoms with Crippen LogP contribution in [0.15, 0.2) is 42.5 Å². The number of benzene rings is 2. The standard InChI is InChI=1S/C14H13ClFN/c1-9-6-7-10(12(15)8-9)14(17)11-4-2-3-5-13(11)16/h2-8,14H,17H2,1H3. The van der Waals surface area contributed by atoms with Gasteiger partial charge in [-0.05, 0) is 30.2 Å². The molecule has 0 saturated carbocycles. The molecule has 0 radical (unpaired) electrons. The second kappa shape index (κ2) is 4.86. The summed E-state index contributed by atoms with van der Waals surface area (Å²) in [5.41, 5.74) is 8.29. The molecule has 0 aliphatic rings. The molecule has 17 heavy (non-hydrogen) atoms. The van der Waals surface area contributed by atoms with Crippen molar-refractivity contribution in [1.29, 1.82) is 0 Å². The molecule has 0 amide bonds. The fourth-order valence-electron chi connectivity index (χ4n) is 1.78. The highest BCUT2D eigenvalue weighted by molar-refractivity contribution is 6.31. The summed E-state index contributed by atoms with van der Waals surface area (Å²) in [5, 5.41) is 0.570. The topological polar surface area (TPSA) is 26.0 Å². The summed E-state index contributed by atoms with van der Waals surface area (Å²) < 4.78 is 13.6. The molecule has 0 bridgehead atoms. The van der Waals surface area contributed by atoms with Gasteiger partial charge in [-0.1, -0.05) is 41.9 Å². The Labute approximate surface area is 105 Å². The summed E-state index contributed by atoms with van der Waals surface area (Å²) in [7, 11) is 0. The maximum Gasteiger partial charge on any atom is 0.128 e. The third kappa shape index (κ3) is 2.48. The zero-order valence-electron chi connectivity index (χ0n) is 9.45. The third-order valence-corrected chi connectivity index (χ3v) is 3.06. The highest BCUT2D eigenvalue weighted by atomic mass is 35.5. The van der Waals surface area contributed by atoms with Gasteiger partial charge in [-0.3, -0.25) is 0 Å². The lowest BCUT2D eigenvalue weighted by molar-refractivity contribution is 0.600. The van der Waals surface area contributed by atoms with Gasteiger partial charge in [0.1, 0.15) is 5.82 Å². The number of hydrogen-bond acceptors (Lipinski definition) is 1. The first kappa shape index (κ1) is 12.1. The van der Waals surface area contributed by atoms with Crippen LogP contribution in [0.3, 0.4) is 0 Å². The first-order valence-electron chi connectivity index (χ1n) is 5.35. The summed E-state index contributed by atoms with van der Waals surface area (Å²) in [6.07, 6.45) is 0. The lowest BCUT2D eigenvalue weighted by atomic mass is 9.98. The highest BCUT2D eigenvalue weighted by Crippen LogP contribution is 2.28. The molecular formula is C14H13ClFN. The van der Waals surface area contributed by atoms with E-state index in [-0.39, 0.29) is 5.82 Å². The van der Waals surface area contributed by atoms with Crippen LogP contribution in [-0.4, -0.2) is 0 Å². The zero-order valence-corrected chi connectivity index (χ0v) is 10.2. The molecule has 1 nitrogen and oxygen atoms in total. The van der Waals surface area contributed by atoms with Crippen LogP contribution in [0, 0.1) is 12.7 Å². The van der Waals surface area contributed by atoms with Crippen molar-refractivity contribution in [2.24, 2.45) is 5.73 Å². The van der Waals surface area contributed by atoms with Gasteiger partial charge in [0.05, 0.1) is 6.04 Å². The van der Waals surface area contributed by atoms with Crippen LogP contribution in [-0.2, 0) is 0 Å². The molecule has 88 valence electrons. The third-order valence-electron chi connectivity index (χ3n) is 2.73. The second-order valence-electron chi connectivity index (χ2n) is 4.02. The first-order valence-corrected chi connectivity index (χ1v) is 5.73. The lowest BCUT2D eigenvalue weighted by Crippen LogP contribution is -2.14. The van der Waals surface area contributed by atoms with E-state index in [1.165, 1.54) is 6.07 Å². The molecule has 0 saturated heterocycles. The quantitative estimate of drug-likeness (QED) is 0.860. The van der Waals surface area contributed by atoms with Crippen molar-refractivity contribution < 1.29 is 4.39 Å². The van der Waals surface area contributed by atoms with Gasteiger partial charge in [-0.15, -0.1) is 0 Å². The maximum atomic E-state index is 13.6. The Morgan fingerprint density at radius 3 is 2.47 bits per heavy atom. The summed E-state index contributed by atoms with van der Waals surface area (Å²) >= 11 is 6.12. The molecule has 1 atom stereocenters. The Morgan fingerprint density at radius 1 is 1.12 bits per heavy atom. The Balaban J connectivity index is 2.44. The molecule has 0 aliphatic heterocycles. The summed E-state index contributed by atoms with van der Waals surface area (Å²) in [6.45, 7) is 1.95. The summed E-state index contributed by atoms with van der Waals surface area (Å²) in [4.78, 5) is 0. The molecule has 2 aromatic carbocycles. The number of nitrogens with two attached hydrogens (primary N) is 1. The average molecular weight is 250 g/mol. The highest BCUT2D eigenvalue weighted by Gasteiger charge is 2.15. The van der Waals surface area contributed by atoms with Gasteiger partial charge in [0.2, 0.25) is 0 Å². The van der Waals surface area contributed by atoms with Crippen molar-refractivity contribution in [2.45, 2.75) is 13.0 Å². The molecule has 2 N–H and O–H groups in total. The van der Waals surface area contributed by atoms with Crippen LogP contribution in [0.25, 0.3) is 0 Å². The normalized spacial score (nSPS) is 12.5. The van der Waals surface area contributed by atoms with E-state index in [0.717, 1.165) is 11.1 Å². The number of aryl methyl sites for hydroxylation is 1. The predicted molar refractivity (Wildman–Crippen MR) is 68.6 cm³/mol. The summed E-state index contributed by atoms with van der Waals surface area (Å²) in [5.74, 6) is -0.309. The van der Waals surface area contributed by atoms with Crippen LogP contribution < -0.4 is 5.73 Å². The molecule has 1 unspecified atom stereocenters. The van der Waals surface area contributed by atoms with Gasteiger partial charge in [-0.2, -0.15) is 0 Å². The van der Waals surface area contributed by atoms with Gasteiger partial charge >= 0.3 is 0 Å². The van der Waals surface area contributed by atoms with Crippen molar-refractivity contribution in [1.82, 2.24) is 0 Å². The van der Waals surface area contributed by atoms with E-state index in [2.05, 4.69) is 0 Å². The number of rotatable bonds is 2. The molecule has 0 heterocycles. The molecule has 0 spiro atoms. The zero-order chi connectivity index (χ0) is 12.4. The fraction of sp³-hybridized carbons (Fsp3) is 0.143. The van der Waals surface area contributed by atoms with E-state index in [1.807, 2.05) is 25.1 Å². The van der Waals surface area contributed by atoms with Gasteiger partial charge in [0.25, 0.3) is 0 Å². The Hall–Kier alpha value is -1.38. The van der Waals surface area contributed by atoms with Gasteiger partial charge < -0.3 is 5.73 Å². The minimum absolute atomic E-state index is 0.309. The maximum absolute atomic E-state index is 13.6. The minimum Gasteiger partial charge on any atom is -0.320 e. The number of hydrogen-bond donors (Lipinski definition) is 1. The molecule has 0 aliphatic carbocycles. The molecule has 2 rings (SSSR count). The van der Waals surface area contributed by atoms with E-state index in [0.29, 0.717) is 10.6 Å². The predicted octanol–water partition coefficient (Wildman–Crippen LogP) is 3.84. The molecule has 3 heteroatoms. The van der Waals surface area contributed by atoms with Crippen LogP contribution in [0.4, 0.5) is 4.39 Å². The number of halogens is 2. The van der Waals surface area contributed by atoms with Gasteiger partial charge in [0.15, 0.2) is 0 Å². The van der Waals surface area contributed by atoms with Crippen molar-refractivity contribution in [3.8, 4) is 0 Å². The van der Waals surface area contributed by atoms with Crippen LogP contribution in [0.2, 0.25) is 5.02 Å². The molecule has 0 aromatic heterocycles. The van der Waals surface area contributed by atoms with Crippen LogP contribution in [0.5, 0.6) is 0 Å². The average Bonchev–Trinajstić information content (AvgIpc) is 2.29. The van der Waals surface area contributed by atoms with E-state index < -0.39 is 6.04 Å². The van der Waals surface area contributed by atoms with Gasteiger partial charge in [0, 0.05) is 10.6 Å². The van der Waals surface area contributed by atoms with Crippen LogP contribution in [0.1, 0.15) is 22.7 Å². The molecule has 0 fully saturated rings. The van der Waals surface area contributed by atoms with E-state index >= 15 is 0 Å². The first-order chi connectivity index (χ1) is 8.09. The molecule has 2 aromatic rings. The van der Waals surface area contributed by atoms with Crippen molar-refractivity contribution in [3.05, 3.63) is 70.0 Å². The largest absolute Gasteiger partial charge is 0.320 e. The second-order valence-corrected chi connectivity index (χ2v) is 4.43. The van der Waals surface area contributed by atoms with E-state index in [4.69, 9.17) is 17.3 Å². The smallest absolute Gasteiger partial charge is 0.128 e. The van der Waals surface area contributed by atoms with Crippen molar-refractivity contribution in [3.63, 3.8) is 0 Å². The fourth-order valence-corrected chi connectivity index (χ4v) is 2.13. The van der Waals surface area contributed by atoms with E-state index in [9.17, 15) is 4.39 Å². The van der Waals surface area contributed by atoms with Crippen molar-refractivity contribution in [2.75, 3.05) is 0 Å². The van der Waals surface area contributed by atoms with Crippen LogP contribution >= 0.6 is 11.6 Å². The monoisotopic (exact) mass is 249 g/mol. The SMILES string of the molecule is Cc1ccc(C(N)c2ccccc2F)c(Cl)c1. The van der Waals surface area contributed by atoms with E-state index in [1.54, 1.807) is 18.2 Å². The Bertz CT molecular complexity index is 539. The Morgan fingerprint density at radius 2 is 1.82 bits per heavy atom.